The third-order valence-electron chi connectivity index (χ3n) is 3.66. The van der Waals surface area contributed by atoms with Crippen molar-refractivity contribution < 1.29 is 0 Å². The van der Waals surface area contributed by atoms with Crippen LogP contribution in [-0.4, -0.2) is 24.5 Å². The summed E-state index contributed by atoms with van der Waals surface area (Å²) >= 11 is 0. The molecule has 1 aliphatic heterocycles. The van der Waals surface area contributed by atoms with Crippen LogP contribution >= 0.6 is 0 Å². The van der Waals surface area contributed by atoms with Crippen molar-refractivity contribution in [1.82, 2.24) is 4.90 Å². The molecule has 1 heterocycles. The number of aryl methyl sites for hydroxylation is 1. The van der Waals surface area contributed by atoms with E-state index in [4.69, 9.17) is 0 Å². The van der Waals surface area contributed by atoms with Crippen molar-refractivity contribution in [2.45, 2.75) is 46.5 Å². The van der Waals surface area contributed by atoms with Gasteiger partial charge in [0.25, 0.3) is 0 Å². The van der Waals surface area contributed by atoms with Crippen LogP contribution in [0.25, 0.3) is 0 Å². The number of nitrogens with zero attached hydrogens (tertiary/aromatic N) is 1. The molecule has 0 unspecified atom stereocenters. The lowest BCUT2D eigenvalue weighted by molar-refractivity contribution is 0.191. The Morgan fingerprint density at radius 3 is 2.28 bits per heavy atom. The lowest BCUT2D eigenvalue weighted by Crippen LogP contribution is -2.33. The third kappa shape index (κ3) is 5.68. The summed E-state index contributed by atoms with van der Waals surface area (Å²) in [5.74, 6) is 0.949. The average molecular weight is 247 g/mol. The molecular weight excluding hydrogens is 218 g/mol. The molecule has 0 aromatic heterocycles. The van der Waals surface area contributed by atoms with E-state index in [1.165, 1.54) is 50.9 Å². The number of likely N-dealkylation sites (tertiary alicyclic amines) is 1. The molecule has 0 saturated carbocycles. The zero-order valence-corrected chi connectivity index (χ0v) is 12.4. The first kappa shape index (κ1) is 15.2. The van der Waals surface area contributed by atoms with Crippen LogP contribution in [0.15, 0.2) is 30.3 Å². The molecule has 1 fully saturated rings. The maximum absolute atomic E-state index is 2.63. The molecule has 1 aromatic rings. The van der Waals surface area contributed by atoms with Gasteiger partial charge in [0.05, 0.1) is 0 Å². The predicted molar refractivity (Wildman–Crippen MR) is 80.9 cm³/mol. The van der Waals surface area contributed by atoms with Crippen LogP contribution in [-0.2, 0) is 6.42 Å². The Bertz CT molecular complexity index is 286. The maximum Gasteiger partial charge on any atom is -0.00156 e. The second-order valence-corrected chi connectivity index (χ2v) is 5.11. The van der Waals surface area contributed by atoms with Crippen LogP contribution in [0.3, 0.4) is 0 Å². The number of benzene rings is 1. The number of hydrogen-bond donors (Lipinski definition) is 0. The van der Waals surface area contributed by atoms with Gasteiger partial charge in [-0.25, -0.2) is 0 Å². The fraction of sp³-hybridized carbons (Fsp3) is 0.647. The van der Waals surface area contributed by atoms with E-state index in [2.05, 4.69) is 42.2 Å². The van der Waals surface area contributed by atoms with Crippen LogP contribution in [0, 0.1) is 5.92 Å². The Morgan fingerprint density at radius 1 is 1.06 bits per heavy atom. The number of piperidine rings is 1. The molecule has 102 valence electrons. The van der Waals surface area contributed by atoms with Crippen LogP contribution in [0.1, 0.15) is 45.6 Å². The zero-order chi connectivity index (χ0) is 13.2. The minimum atomic E-state index is 0.949. The standard InChI is InChI=1S/C15H23N.C2H6/c1-14-9-12-16(13-10-14)11-5-8-15-6-3-2-4-7-15;1-2/h2-4,6-7,14H,5,8-13H2,1H3;1-2H3. The van der Waals surface area contributed by atoms with E-state index in [0.717, 1.165) is 5.92 Å². The average Bonchev–Trinajstić information content (AvgIpc) is 2.44. The van der Waals surface area contributed by atoms with Gasteiger partial charge in [-0.3, -0.25) is 0 Å². The van der Waals surface area contributed by atoms with Gasteiger partial charge in [-0.2, -0.15) is 0 Å². The fourth-order valence-corrected chi connectivity index (χ4v) is 2.44. The quantitative estimate of drug-likeness (QED) is 0.763. The molecular formula is C17H29N. The molecule has 1 nitrogen and oxygen atoms in total. The lowest BCUT2D eigenvalue weighted by atomic mass is 9.99. The van der Waals surface area contributed by atoms with Crippen molar-refractivity contribution in [2.24, 2.45) is 5.92 Å². The van der Waals surface area contributed by atoms with E-state index < -0.39 is 0 Å². The molecule has 1 aliphatic rings. The molecule has 0 amide bonds. The Morgan fingerprint density at radius 2 is 1.67 bits per heavy atom. The molecule has 1 heteroatoms. The van der Waals surface area contributed by atoms with Crippen LogP contribution in [0.5, 0.6) is 0 Å². The monoisotopic (exact) mass is 247 g/mol. The summed E-state index contributed by atoms with van der Waals surface area (Å²) in [4.78, 5) is 2.63. The molecule has 0 bridgehead atoms. The summed E-state index contributed by atoms with van der Waals surface area (Å²) in [5, 5.41) is 0. The van der Waals surface area contributed by atoms with Crippen molar-refractivity contribution in [3.05, 3.63) is 35.9 Å². The van der Waals surface area contributed by atoms with Gasteiger partial charge in [0.2, 0.25) is 0 Å². The van der Waals surface area contributed by atoms with E-state index in [1.54, 1.807) is 0 Å². The van der Waals surface area contributed by atoms with Gasteiger partial charge < -0.3 is 4.90 Å². The Hall–Kier alpha value is -0.820. The minimum absolute atomic E-state index is 0.949. The molecule has 0 aliphatic carbocycles. The zero-order valence-electron chi connectivity index (χ0n) is 12.4. The van der Waals surface area contributed by atoms with Crippen molar-refractivity contribution in [3.63, 3.8) is 0 Å². The highest BCUT2D eigenvalue weighted by molar-refractivity contribution is 5.14. The molecule has 18 heavy (non-hydrogen) atoms. The van der Waals surface area contributed by atoms with E-state index in [-0.39, 0.29) is 0 Å². The van der Waals surface area contributed by atoms with Crippen LogP contribution in [0.4, 0.5) is 0 Å². The van der Waals surface area contributed by atoms with Crippen LogP contribution < -0.4 is 0 Å². The third-order valence-corrected chi connectivity index (χ3v) is 3.66. The first-order valence-corrected chi connectivity index (χ1v) is 7.61. The summed E-state index contributed by atoms with van der Waals surface area (Å²) in [6.07, 6.45) is 5.32. The Balaban J connectivity index is 0.000000771. The largest absolute Gasteiger partial charge is 0.303 e. The van der Waals surface area contributed by atoms with E-state index in [0.29, 0.717) is 0 Å². The molecule has 0 spiro atoms. The van der Waals surface area contributed by atoms with Gasteiger partial charge in [-0.15, -0.1) is 0 Å². The first-order chi connectivity index (χ1) is 8.84. The second-order valence-electron chi connectivity index (χ2n) is 5.11. The highest BCUT2D eigenvalue weighted by atomic mass is 15.1. The highest BCUT2D eigenvalue weighted by Gasteiger charge is 2.14. The molecule has 0 atom stereocenters. The summed E-state index contributed by atoms with van der Waals surface area (Å²) in [6.45, 7) is 10.3. The molecule has 2 rings (SSSR count). The summed E-state index contributed by atoms with van der Waals surface area (Å²) < 4.78 is 0. The van der Waals surface area contributed by atoms with Gasteiger partial charge in [-0.05, 0) is 56.8 Å². The van der Waals surface area contributed by atoms with Gasteiger partial charge in [0.15, 0.2) is 0 Å². The normalized spacial score (nSPS) is 17.1. The molecule has 1 saturated heterocycles. The maximum atomic E-state index is 2.63. The minimum Gasteiger partial charge on any atom is -0.303 e. The topological polar surface area (TPSA) is 3.24 Å². The fourth-order valence-electron chi connectivity index (χ4n) is 2.44. The summed E-state index contributed by atoms with van der Waals surface area (Å²) in [5.41, 5.74) is 1.48. The van der Waals surface area contributed by atoms with Crippen molar-refractivity contribution >= 4 is 0 Å². The van der Waals surface area contributed by atoms with Crippen molar-refractivity contribution in [1.29, 1.82) is 0 Å². The Labute approximate surface area is 113 Å². The van der Waals surface area contributed by atoms with Crippen LogP contribution in [0.2, 0.25) is 0 Å². The SMILES string of the molecule is CC.CC1CCN(CCCc2ccccc2)CC1. The molecule has 0 radical (unpaired) electrons. The number of rotatable bonds is 4. The highest BCUT2D eigenvalue weighted by Crippen LogP contribution is 2.16. The van der Waals surface area contributed by atoms with Gasteiger partial charge in [-0.1, -0.05) is 51.1 Å². The van der Waals surface area contributed by atoms with E-state index in [1.807, 2.05) is 13.8 Å². The van der Waals surface area contributed by atoms with E-state index in [9.17, 15) is 0 Å². The summed E-state index contributed by atoms with van der Waals surface area (Å²) in [7, 11) is 0. The van der Waals surface area contributed by atoms with Gasteiger partial charge in [0.1, 0.15) is 0 Å². The lowest BCUT2D eigenvalue weighted by Gasteiger charge is -2.30. The molecule has 1 aromatic carbocycles. The van der Waals surface area contributed by atoms with Gasteiger partial charge >= 0.3 is 0 Å². The molecule has 0 N–H and O–H groups in total. The number of hydrogen-bond acceptors (Lipinski definition) is 1. The smallest absolute Gasteiger partial charge is 0.00156 e. The van der Waals surface area contributed by atoms with E-state index >= 15 is 0 Å². The Kier molecular flexibility index (Phi) is 7.75. The van der Waals surface area contributed by atoms with Crippen molar-refractivity contribution in [3.8, 4) is 0 Å². The summed E-state index contributed by atoms with van der Waals surface area (Å²) in [6, 6.07) is 10.8. The predicted octanol–water partition coefficient (Wildman–Crippen LogP) is 4.38. The first-order valence-electron chi connectivity index (χ1n) is 7.61. The van der Waals surface area contributed by atoms with Crippen molar-refractivity contribution in [2.75, 3.05) is 19.6 Å². The van der Waals surface area contributed by atoms with Gasteiger partial charge in [0, 0.05) is 0 Å². The second kappa shape index (κ2) is 9.16.